The molecule has 36 heavy (non-hydrogen) atoms. The molecule has 0 amide bonds. The molecule has 0 saturated carbocycles. The number of aliphatic hydroxyl groups is 1. The summed E-state index contributed by atoms with van der Waals surface area (Å²) in [6.07, 6.45) is 5.15. The number of fused-ring (bicyclic) bond motifs is 1. The third-order valence-corrected chi connectivity index (χ3v) is 8.71. The summed E-state index contributed by atoms with van der Waals surface area (Å²) < 4.78 is 27.7. The first kappa shape index (κ1) is 28.1. The van der Waals surface area contributed by atoms with Crippen molar-refractivity contribution < 1.29 is 23.4 Å². The van der Waals surface area contributed by atoms with Crippen molar-refractivity contribution in [2.45, 2.75) is 63.0 Å². The van der Waals surface area contributed by atoms with E-state index in [1.807, 2.05) is 6.92 Å². The summed E-state index contributed by atoms with van der Waals surface area (Å²) in [5, 5.41) is 22.9. The number of aliphatic hydroxyl groups excluding tert-OH is 1. The molecule has 0 unspecified atom stereocenters. The highest BCUT2D eigenvalue weighted by Crippen LogP contribution is 2.32. The number of hydrogen-bond acceptors (Lipinski definition) is 5. The Morgan fingerprint density at radius 1 is 1.19 bits per heavy atom. The van der Waals surface area contributed by atoms with Gasteiger partial charge in [-0.1, -0.05) is 43.3 Å². The van der Waals surface area contributed by atoms with Crippen molar-refractivity contribution in [1.29, 1.82) is 0 Å². The fraction of sp³-hybridized carbons (Fsp3) is 0.464. The lowest BCUT2D eigenvalue weighted by molar-refractivity contribution is -0.131. The Kier molecular flexibility index (Phi) is 9.11. The highest BCUT2D eigenvalue weighted by molar-refractivity contribution is 7.89. The zero-order valence-corrected chi connectivity index (χ0v) is 22.4. The minimum absolute atomic E-state index is 0.0376. The van der Waals surface area contributed by atoms with Gasteiger partial charge in [0.05, 0.1) is 11.0 Å². The van der Waals surface area contributed by atoms with Gasteiger partial charge in [0.2, 0.25) is 10.0 Å². The van der Waals surface area contributed by atoms with Gasteiger partial charge in [-0.2, -0.15) is 4.31 Å². The van der Waals surface area contributed by atoms with Crippen molar-refractivity contribution in [1.82, 2.24) is 9.62 Å². The third kappa shape index (κ3) is 7.26. The van der Waals surface area contributed by atoms with Gasteiger partial charge in [0.15, 0.2) is 0 Å². The fourth-order valence-corrected chi connectivity index (χ4v) is 6.49. The van der Waals surface area contributed by atoms with E-state index in [0.717, 1.165) is 25.3 Å². The second kappa shape index (κ2) is 11.7. The minimum atomic E-state index is -3.82. The van der Waals surface area contributed by atoms with Crippen LogP contribution in [-0.4, -0.2) is 60.7 Å². The van der Waals surface area contributed by atoms with E-state index in [-0.39, 0.29) is 23.5 Å². The fourth-order valence-electron chi connectivity index (χ4n) is 5.01. The van der Waals surface area contributed by atoms with Crippen molar-refractivity contribution in [3.8, 4) is 0 Å². The van der Waals surface area contributed by atoms with E-state index in [1.54, 1.807) is 12.1 Å². The highest BCUT2D eigenvalue weighted by atomic mass is 32.2. The van der Waals surface area contributed by atoms with Gasteiger partial charge in [0.25, 0.3) is 0 Å². The van der Waals surface area contributed by atoms with Crippen molar-refractivity contribution in [3.05, 3.63) is 70.8 Å². The normalized spacial score (nSPS) is 15.5. The number of nitrogens with zero attached hydrogens (tertiary/aromatic N) is 1. The van der Waals surface area contributed by atoms with Crippen LogP contribution in [0.15, 0.2) is 53.4 Å². The van der Waals surface area contributed by atoms with Crippen molar-refractivity contribution >= 4 is 22.1 Å². The largest absolute Gasteiger partial charge is 0.478 e. The molecule has 0 heterocycles. The molecule has 2 aromatic rings. The van der Waals surface area contributed by atoms with E-state index in [0.29, 0.717) is 23.5 Å². The number of aliphatic carboxylic acids is 1. The molecule has 0 spiro atoms. The number of aryl methyl sites for hydroxylation is 1. The zero-order chi connectivity index (χ0) is 26.5. The zero-order valence-electron chi connectivity index (χ0n) is 21.6. The van der Waals surface area contributed by atoms with E-state index in [4.69, 9.17) is 5.11 Å². The molecule has 0 radical (unpaired) electrons. The van der Waals surface area contributed by atoms with Crippen LogP contribution in [0.2, 0.25) is 0 Å². The minimum Gasteiger partial charge on any atom is -0.478 e. The molecule has 0 bridgehead atoms. The van der Waals surface area contributed by atoms with Gasteiger partial charge in [0, 0.05) is 31.8 Å². The number of carbonyl (C=O) groups is 1. The van der Waals surface area contributed by atoms with Crippen LogP contribution in [-0.2, 0) is 34.1 Å². The number of benzene rings is 2. The van der Waals surface area contributed by atoms with E-state index < -0.39 is 22.1 Å². The Hall–Kier alpha value is -2.52. The summed E-state index contributed by atoms with van der Waals surface area (Å²) in [5.74, 6) is -0.519. The van der Waals surface area contributed by atoms with E-state index >= 15 is 0 Å². The third-order valence-electron chi connectivity index (χ3n) is 6.79. The van der Waals surface area contributed by atoms with Gasteiger partial charge < -0.3 is 15.5 Å². The summed E-state index contributed by atoms with van der Waals surface area (Å²) in [4.78, 5) is 10.9. The first-order valence-corrected chi connectivity index (χ1v) is 13.9. The maximum atomic E-state index is 13.2. The Morgan fingerprint density at radius 3 is 2.42 bits per heavy atom. The summed E-state index contributed by atoms with van der Waals surface area (Å²) in [5.41, 5.74) is 3.86. The average molecular weight is 515 g/mol. The Morgan fingerprint density at radius 2 is 1.83 bits per heavy atom. The van der Waals surface area contributed by atoms with E-state index in [9.17, 15) is 18.3 Å². The number of β-amino-alcohol motifs (C(OH)–C–C–N with tert-alkyl or cyclic N) is 1. The van der Waals surface area contributed by atoms with Crippen LogP contribution in [0.3, 0.4) is 0 Å². The van der Waals surface area contributed by atoms with Gasteiger partial charge in [-0.3, -0.25) is 0 Å². The Labute approximate surface area is 214 Å². The number of carboxylic acid groups (broad SMARTS) is 1. The quantitative estimate of drug-likeness (QED) is 0.374. The van der Waals surface area contributed by atoms with Crippen molar-refractivity contribution in [2.24, 2.45) is 5.92 Å². The first-order chi connectivity index (χ1) is 16.9. The summed E-state index contributed by atoms with van der Waals surface area (Å²) >= 11 is 0. The number of likely N-dealkylation sites (N-methyl/N-ethyl adjacent to an activating group) is 1. The molecule has 0 fully saturated rings. The number of hydrogen-bond donors (Lipinski definition) is 3. The molecular weight excluding hydrogens is 476 g/mol. The van der Waals surface area contributed by atoms with Crippen molar-refractivity contribution in [2.75, 3.05) is 20.1 Å². The van der Waals surface area contributed by atoms with Crippen LogP contribution in [0.4, 0.5) is 0 Å². The predicted molar refractivity (Wildman–Crippen MR) is 142 cm³/mol. The first-order valence-electron chi connectivity index (χ1n) is 12.4. The molecule has 7 nitrogen and oxygen atoms in total. The lowest BCUT2D eigenvalue weighted by Gasteiger charge is -2.31. The second-order valence-electron chi connectivity index (χ2n) is 10.3. The van der Waals surface area contributed by atoms with Gasteiger partial charge in [-0.15, -0.1) is 0 Å². The Balaban J connectivity index is 1.57. The lowest BCUT2D eigenvalue weighted by atomic mass is 9.88. The monoisotopic (exact) mass is 514 g/mol. The number of nitrogens with one attached hydrogen (secondary N) is 1. The van der Waals surface area contributed by atoms with Crippen molar-refractivity contribution in [3.63, 3.8) is 0 Å². The highest BCUT2D eigenvalue weighted by Gasteiger charge is 2.30. The summed E-state index contributed by atoms with van der Waals surface area (Å²) in [7, 11) is -2.35. The molecule has 1 atom stereocenters. The number of rotatable bonds is 12. The molecule has 2 aromatic carbocycles. The molecule has 3 rings (SSSR count). The molecule has 3 N–H and O–H groups in total. The average Bonchev–Trinajstić information content (AvgIpc) is 3.22. The van der Waals surface area contributed by atoms with E-state index in [2.05, 4.69) is 43.4 Å². The topological polar surface area (TPSA) is 107 Å². The molecule has 0 saturated heterocycles. The number of carboxylic acids is 1. The smallest absolute Gasteiger partial charge is 0.328 e. The summed E-state index contributed by atoms with van der Waals surface area (Å²) in [6, 6.07) is 13.3. The van der Waals surface area contributed by atoms with Gasteiger partial charge in [0.1, 0.15) is 0 Å². The van der Waals surface area contributed by atoms with Gasteiger partial charge in [-0.25, -0.2) is 13.2 Å². The van der Waals surface area contributed by atoms with Crippen LogP contribution in [0.1, 0.15) is 49.4 Å². The second-order valence-corrected chi connectivity index (χ2v) is 12.4. The van der Waals surface area contributed by atoms with Crippen LogP contribution < -0.4 is 5.32 Å². The Bertz CT molecular complexity index is 1180. The van der Waals surface area contributed by atoms with Crippen LogP contribution in [0.25, 0.3) is 6.08 Å². The SMILES string of the molecule is CCc1cc(/C=C/C(=O)O)ccc1S(=O)(=O)N(C)C[C@H](O)CNC(C)(C)CC1Cc2ccccc2C1. The van der Waals surface area contributed by atoms with E-state index in [1.165, 1.54) is 34.6 Å². The molecule has 196 valence electrons. The molecule has 0 aromatic heterocycles. The van der Waals surface area contributed by atoms with Gasteiger partial charge >= 0.3 is 5.97 Å². The predicted octanol–water partition coefficient (Wildman–Crippen LogP) is 3.50. The maximum absolute atomic E-state index is 13.2. The van der Waals surface area contributed by atoms with Gasteiger partial charge in [-0.05, 0) is 79.8 Å². The molecular formula is C28H38N2O5S. The molecule has 8 heteroatoms. The lowest BCUT2D eigenvalue weighted by Crippen LogP contribution is -2.47. The number of sulfonamides is 1. The van der Waals surface area contributed by atoms with Crippen LogP contribution in [0, 0.1) is 5.92 Å². The molecule has 1 aliphatic rings. The molecule has 1 aliphatic carbocycles. The summed E-state index contributed by atoms with van der Waals surface area (Å²) in [6.45, 7) is 6.34. The van der Waals surface area contributed by atoms with Crippen LogP contribution in [0.5, 0.6) is 0 Å². The maximum Gasteiger partial charge on any atom is 0.328 e. The van der Waals surface area contributed by atoms with Crippen LogP contribution >= 0.6 is 0 Å². The standard InChI is InChI=1S/C28H38N2O5S/c1-5-22-14-20(11-13-27(32)33)10-12-26(22)36(34,35)30(4)19-25(31)18-29-28(2,3)17-21-15-23-8-6-7-9-24(23)16-21/h6-14,21,25,29,31H,5,15-19H2,1-4H3,(H,32,33)/b13-11+/t25-/m1/s1. The molecule has 0 aliphatic heterocycles.